The third kappa shape index (κ3) is 2.24. The Morgan fingerprint density at radius 3 is 2.84 bits per heavy atom. The smallest absolute Gasteiger partial charge is 0.146 e. The minimum atomic E-state index is -0.335. The maximum atomic E-state index is 13.9. The Kier molecular flexibility index (Phi) is 3.03. The van der Waals surface area contributed by atoms with Gasteiger partial charge in [0.25, 0.3) is 0 Å². The Bertz CT molecular complexity index is 746. The fourth-order valence-corrected chi connectivity index (χ4v) is 2.51. The van der Waals surface area contributed by atoms with E-state index in [1.54, 1.807) is 18.2 Å². The van der Waals surface area contributed by atoms with Crippen LogP contribution in [-0.2, 0) is 6.54 Å². The lowest BCUT2D eigenvalue weighted by Crippen LogP contribution is -2.00. The molecule has 0 aliphatic carbocycles. The number of halogens is 2. The number of hydrogen-bond acceptors (Lipinski definition) is 0. The summed E-state index contributed by atoms with van der Waals surface area (Å²) in [5.74, 6) is -0.335. The summed E-state index contributed by atoms with van der Waals surface area (Å²) in [6.45, 7) is 2.55. The predicted octanol–water partition coefficient (Wildman–Crippen LogP) is 4.79. The number of hydrogen-bond donors (Lipinski definition) is 0. The second-order valence-electron chi connectivity index (χ2n) is 4.72. The molecule has 3 aromatic rings. The van der Waals surface area contributed by atoms with Gasteiger partial charge in [-0.1, -0.05) is 35.4 Å². The topological polar surface area (TPSA) is 4.93 Å². The zero-order valence-corrected chi connectivity index (χ0v) is 11.3. The number of fused-ring (bicyclic) bond motifs is 1. The van der Waals surface area contributed by atoms with Crippen molar-refractivity contribution in [3.63, 3.8) is 0 Å². The lowest BCUT2D eigenvalue weighted by Gasteiger charge is -2.08. The molecule has 0 bridgehead atoms. The van der Waals surface area contributed by atoms with Gasteiger partial charge < -0.3 is 4.57 Å². The van der Waals surface area contributed by atoms with Gasteiger partial charge in [-0.25, -0.2) is 4.39 Å². The first-order valence-corrected chi connectivity index (χ1v) is 6.51. The molecule has 1 heterocycles. The second kappa shape index (κ2) is 4.71. The molecule has 0 spiro atoms. The molecule has 0 aliphatic rings. The summed E-state index contributed by atoms with van der Waals surface area (Å²) in [5, 5.41) is 1.34. The van der Waals surface area contributed by atoms with Crippen molar-refractivity contribution in [3.05, 3.63) is 70.6 Å². The maximum Gasteiger partial charge on any atom is 0.146 e. The molecule has 2 aromatic carbocycles. The van der Waals surface area contributed by atoms with Gasteiger partial charge in [0.05, 0.1) is 11.6 Å². The van der Waals surface area contributed by atoms with Crippen molar-refractivity contribution in [1.29, 1.82) is 0 Å². The summed E-state index contributed by atoms with van der Waals surface area (Å²) >= 11 is 5.81. The number of nitrogens with zero attached hydrogens (tertiary/aromatic N) is 1. The van der Waals surface area contributed by atoms with Crippen molar-refractivity contribution in [2.75, 3.05) is 0 Å². The molecule has 0 aliphatic heterocycles. The van der Waals surface area contributed by atoms with Crippen LogP contribution in [0.3, 0.4) is 0 Å². The highest BCUT2D eigenvalue weighted by molar-refractivity contribution is 6.30. The summed E-state index contributed by atoms with van der Waals surface area (Å²) in [6.07, 6.45) is 1.98. The van der Waals surface area contributed by atoms with Crippen LogP contribution in [0.4, 0.5) is 4.39 Å². The van der Waals surface area contributed by atoms with E-state index in [0.29, 0.717) is 12.1 Å². The average Bonchev–Trinajstić information content (AvgIpc) is 2.77. The quantitative estimate of drug-likeness (QED) is 0.633. The van der Waals surface area contributed by atoms with Gasteiger partial charge in [-0.3, -0.25) is 0 Å². The van der Waals surface area contributed by atoms with Crippen LogP contribution in [0.25, 0.3) is 10.9 Å². The first-order valence-electron chi connectivity index (χ1n) is 6.13. The van der Waals surface area contributed by atoms with E-state index in [1.807, 2.05) is 16.8 Å². The normalized spacial score (nSPS) is 11.1. The Morgan fingerprint density at radius 1 is 1.16 bits per heavy atom. The molecule has 3 heteroatoms. The molecule has 0 radical (unpaired) electrons. The van der Waals surface area contributed by atoms with E-state index < -0.39 is 0 Å². The van der Waals surface area contributed by atoms with E-state index in [2.05, 4.69) is 25.1 Å². The van der Waals surface area contributed by atoms with Gasteiger partial charge in [0.2, 0.25) is 0 Å². The number of benzene rings is 2. The zero-order valence-electron chi connectivity index (χ0n) is 10.5. The van der Waals surface area contributed by atoms with Crippen molar-refractivity contribution in [2.45, 2.75) is 13.5 Å². The van der Waals surface area contributed by atoms with Crippen molar-refractivity contribution in [3.8, 4) is 0 Å². The fourth-order valence-electron chi connectivity index (χ4n) is 2.31. The molecule has 19 heavy (non-hydrogen) atoms. The van der Waals surface area contributed by atoms with E-state index in [4.69, 9.17) is 11.6 Å². The van der Waals surface area contributed by atoms with Crippen molar-refractivity contribution >= 4 is 22.5 Å². The highest BCUT2D eigenvalue weighted by atomic mass is 35.5. The highest BCUT2D eigenvalue weighted by Crippen LogP contribution is 2.22. The van der Waals surface area contributed by atoms with Gasteiger partial charge in [0, 0.05) is 17.3 Å². The lowest BCUT2D eigenvalue weighted by atomic mass is 10.2. The molecular weight excluding hydrogens is 261 g/mol. The van der Waals surface area contributed by atoms with Crippen LogP contribution in [0.15, 0.2) is 48.7 Å². The number of aryl methyl sites for hydroxylation is 1. The first kappa shape index (κ1) is 12.2. The average molecular weight is 274 g/mol. The number of rotatable bonds is 2. The third-order valence-corrected chi connectivity index (χ3v) is 3.59. The zero-order chi connectivity index (χ0) is 13.4. The SMILES string of the molecule is Cc1ccc2c(ccn2Cc2cccc(Cl)c2F)c1. The molecule has 0 saturated carbocycles. The Balaban J connectivity index is 2.04. The fraction of sp³-hybridized carbons (Fsp3) is 0.125. The monoisotopic (exact) mass is 273 g/mol. The summed E-state index contributed by atoms with van der Waals surface area (Å²) < 4.78 is 15.9. The van der Waals surface area contributed by atoms with Gasteiger partial charge in [-0.2, -0.15) is 0 Å². The Hall–Kier alpha value is -1.80. The van der Waals surface area contributed by atoms with Crippen LogP contribution in [0.1, 0.15) is 11.1 Å². The Morgan fingerprint density at radius 2 is 2.00 bits per heavy atom. The summed E-state index contributed by atoms with van der Waals surface area (Å²) in [5.41, 5.74) is 2.93. The van der Waals surface area contributed by atoms with E-state index >= 15 is 0 Å². The standard InChI is InChI=1S/C16H13ClFN/c1-11-5-6-15-12(9-11)7-8-19(15)10-13-3-2-4-14(17)16(13)18/h2-9H,10H2,1H3. The van der Waals surface area contributed by atoms with Crippen LogP contribution in [0, 0.1) is 12.7 Å². The molecule has 0 saturated heterocycles. The van der Waals surface area contributed by atoms with Crippen LogP contribution in [0.5, 0.6) is 0 Å². The van der Waals surface area contributed by atoms with Gasteiger partial charge in [-0.05, 0) is 36.6 Å². The Labute approximate surface area is 116 Å². The minimum Gasteiger partial charge on any atom is -0.343 e. The molecule has 0 atom stereocenters. The van der Waals surface area contributed by atoms with Crippen molar-refractivity contribution < 1.29 is 4.39 Å². The third-order valence-electron chi connectivity index (χ3n) is 3.30. The minimum absolute atomic E-state index is 0.171. The number of aromatic nitrogens is 1. The van der Waals surface area contributed by atoms with E-state index in [-0.39, 0.29) is 10.8 Å². The van der Waals surface area contributed by atoms with Crippen LogP contribution < -0.4 is 0 Å². The maximum absolute atomic E-state index is 13.9. The van der Waals surface area contributed by atoms with Crippen molar-refractivity contribution in [2.24, 2.45) is 0 Å². The summed E-state index contributed by atoms with van der Waals surface area (Å²) in [6, 6.07) is 13.4. The predicted molar refractivity (Wildman–Crippen MR) is 77.2 cm³/mol. The van der Waals surface area contributed by atoms with E-state index in [9.17, 15) is 4.39 Å². The van der Waals surface area contributed by atoms with Gasteiger partial charge >= 0.3 is 0 Å². The van der Waals surface area contributed by atoms with Gasteiger partial charge in [-0.15, -0.1) is 0 Å². The van der Waals surface area contributed by atoms with Gasteiger partial charge in [0.1, 0.15) is 5.82 Å². The molecule has 0 unspecified atom stereocenters. The van der Waals surface area contributed by atoms with Crippen LogP contribution >= 0.6 is 11.6 Å². The van der Waals surface area contributed by atoms with Crippen LogP contribution in [0.2, 0.25) is 5.02 Å². The van der Waals surface area contributed by atoms with Crippen LogP contribution in [-0.4, -0.2) is 4.57 Å². The molecule has 96 valence electrons. The molecule has 0 amide bonds. The molecule has 1 aromatic heterocycles. The lowest BCUT2D eigenvalue weighted by molar-refractivity contribution is 0.602. The van der Waals surface area contributed by atoms with Gasteiger partial charge in [0.15, 0.2) is 0 Å². The highest BCUT2D eigenvalue weighted by Gasteiger charge is 2.08. The molecule has 0 N–H and O–H groups in total. The van der Waals surface area contributed by atoms with E-state index in [0.717, 1.165) is 5.52 Å². The molecule has 1 nitrogen and oxygen atoms in total. The molecule has 3 rings (SSSR count). The summed E-state index contributed by atoms with van der Waals surface area (Å²) in [7, 11) is 0. The van der Waals surface area contributed by atoms with E-state index in [1.165, 1.54) is 10.9 Å². The molecular formula is C16H13ClFN. The molecule has 0 fully saturated rings. The first-order chi connectivity index (χ1) is 9.15. The summed E-state index contributed by atoms with van der Waals surface area (Å²) in [4.78, 5) is 0. The second-order valence-corrected chi connectivity index (χ2v) is 5.13. The largest absolute Gasteiger partial charge is 0.343 e. The van der Waals surface area contributed by atoms with Crippen molar-refractivity contribution in [1.82, 2.24) is 4.57 Å².